The predicted octanol–water partition coefficient (Wildman–Crippen LogP) is 4.49. The summed E-state index contributed by atoms with van der Waals surface area (Å²) in [5, 5.41) is 0. The van der Waals surface area contributed by atoms with Gasteiger partial charge in [0.05, 0.1) is 0 Å². The summed E-state index contributed by atoms with van der Waals surface area (Å²) in [5.74, 6) is 0. The van der Waals surface area contributed by atoms with E-state index in [1.54, 1.807) is 6.41 Å². The SMILES string of the molecule is CC1=CC[C-]=C1.C[C](C)=[Zr]=[C](C)C.[C-]1=CC=CC1. The largest absolute Gasteiger partial charge is 0.273 e. The van der Waals surface area contributed by atoms with Gasteiger partial charge < -0.3 is 0 Å². The molecule has 0 bridgehead atoms. The molecule has 0 nitrogen and oxygen atoms in total. The standard InChI is InChI=1S/C6H7.C5H5.2C3H6.Zr/c1-6-4-2-3-5-6;1-2-4-5-3-1;2*1-3-2;/h4-5H,2H2,1H3;1-3H,4H2;2*1-2H3;/q2*-1;;;. The molecule has 0 atom stereocenters. The van der Waals surface area contributed by atoms with Gasteiger partial charge >= 0.3 is 56.4 Å². The molecule has 2 aliphatic rings. The second kappa shape index (κ2) is 11.7. The molecule has 2 rings (SSSR count). The molecule has 0 aromatic rings. The third kappa shape index (κ3) is 13.6. The molecule has 98 valence electrons. The van der Waals surface area contributed by atoms with E-state index >= 15 is 0 Å². The molecule has 1 heteroatoms. The van der Waals surface area contributed by atoms with E-state index in [2.05, 4.69) is 58.9 Å². The first-order valence-electron chi connectivity index (χ1n) is 6.34. The van der Waals surface area contributed by atoms with Crippen molar-refractivity contribution in [3.63, 3.8) is 0 Å². The smallest absolute Gasteiger partial charge is 0.109 e. The molecule has 0 heterocycles. The van der Waals surface area contributed by atoms with Crippen molar-refractivity contribution in [3.05, 3.63) is 48.1 Å². The van der Waals surface area contributed by atoms with Gasteiger partial charge in [0.25, 0.3) is 0 Å². The Kier molecular flexibility index (Phi) is 11.4. The quantitative estimate of drug-likeness (QED) is 0.577. The summed E-state index contributed by atoms with van der Waals surface area (Å²) >= 11 is -0.128. The van der Waals surface area contributed by atoms with Crippen LogP contribution in [0, 0.1) is 12.2 Å². The van der Waals surface area contributed by atoms with E-state index in [1.807, 2.05) is 18.2 Å². The molecule has 0 unspecified atom stereocenters. The van der Waals surface area contributed by atoms with Crippen LogP contribution in [-0.4, -0.2) is 6.41 Å². The Morgan fingerprint density at radius 2 is 1.72 bits per heavy atom. The van der Waals surface area contributed by atoms with Crippen LogP contribution in [-0.2, 0) is 22.3 Å². The Morgan fingerprint density at radius 1 is 1.06 bits per heavy atom. The number of hydrogen-bond acceptors (Lipinski definition) is 0. The predicted molar refractivity (Wildman–Crippen MR) is 80.5 cm³/mol. The van der Waals surface area contributed by atoms with Crippen molar-refractivity contribution in [1.82, 2.24) is 0 Å². The zero-order chi connectivity index (χ0) is 13.8. The van der Waals surface area contributed by atoms with Crippen LogP contribution < -0.4 is 0 Å². The van der Waals surface area contributed by atoms with Gasteiger partial charge in [-0.05, 0) is 0 Å². The van der Waals surface area contributed by atoms with Crippen molar-refractivity contribution < 1.29 is 22.3 Å². The van der Waals surface area contributed by atoms with E-state index in [-0.39, 0.29) is 22.3 Å². The third-order valence-corrected chi connectivity index (χ3v) is 4.42. The summed E-state index contributed by atoms with van der Waals surface area (Å²) in [5.41, 5.74) is 1.34. The minimum atomic E-state index is -0.128. The molecule has 2 aliphatic carbocycles. The van der Waals surface area contributed by atoms with E-state index in [0.717, 1.165) is 12.8 Å². The van der Waals surface area contributed by atoms with Gasteiger partial charge in [-0.15, -0.1) is 19.8 Å². The molecule has 0 amide bonds. The fourth-order valence-corrected chi connectivity index (χ4v) is 3.80. The van der Waals surface area contributed by atoms with E-state index < -0.39 is 0 Å². The number of allylic oxidation sites excluding steroid dienone is 8. The van der Waals surface area contributed by atoms with Crippen LogP contribution in [0.25, 0.3) is 0 Å². The van der Waals surface area contributed by atoms with Gasteiger partial charge in [-0.1, -0.05) is 0 Å². The number of rotatable bonds is 0. The van der Waals surface area contributed by atoms with Crippen LogP contribution >= 0.6 is 0 Å². The van der Waals surface area contributed by atoms with Gasteiger partial charge in [0.1, 0.15) is 0 Å². The Morgan fingerprint density at radius 3 is 1.83 bits per heavy atom. The van der Waals surface area contributed by atoms with Crippen LogP contribution in [0.5, 0.6) is 0 Å². The number of hydrogen-bond donors (Lipinski definition) is 0. The average Bonchev–Trinajstić information content (AvgIpc) is 2.89. The van der Waals surface area contributed by atoms with Crippen LogP contribution in [0.15, 0.2) is 36.0 Å². The summed E-state index contributed by atoms with van der Waals surface area (Å²) in [6, 6.07) is 0. The first kappa shape index (κ1) is 17.6. The molecule has 0 spiro atoms. The Bertz CT molecular complexity index is 378. The van der Waals surface area contributed by atoms with Crippen molar-refractivity contribution in [2.24, 2.45) is 0 Å². The van der Waals surface area contributed by atoms with Gasteiger partial charge in [0.15, 0.2) is 0 Å². The van der Waals surface area contributed by atoms with Gasteiger partial charge in [-0.3, -0.25) is 12.2 Å². The van der Waals surface area contributed by atoms with Crippen LogP contribution in [0.2, 0.25) is 0 Å². The van der Waals surface area contributed by atoms with Gasteiger partial charge in [0.2, 0.25) is 0 Å². The summed E-state index contributed by atoms with van der Waals surface area (Å²) in [6.45, 7) is 11.0. The van der Waals surface area contributed by atoms with Gasteiger partial charge in [-0.25, -0.2) is 23.8 Å². The van der Waals surface area contributed by atoms with Crippen molar-refractivity contribution in [2.75, 3.05) is 0 Å². The maximum Gasteiger partial charge on any atom is -0.109 e. The topological polar surface area (TPSA) is 0 Å². The second-order valence-corrected chi connectivity index (χ2v) is 10.2. The monoisotopic (exact) mass is 318 g/mol. The Balaban J connectivity index is 0.000000243. The van der Waals surface area contributed by atoms with E-state index in [0.29, 0.717) is 0 Å². The molecule has 0 radical (unpaired) electrons. The first-order valence-corrected chi connectivity index (χ1v) is 8.80. The van der Waals surface area contributed by atoms with Crippen LogP contribution in [0.4, 0.5) is 0 Å². The molecule has 0 aromatic heterocycles. The molecule has 18 heavy (non-hydrogen) atoms. The maximum absolute atomic E-state index is 3.05. The fraction of sp³-hybridized carbons (Fsp3) is 0.412. The maximum atomic E-state index is 3.05. The van der Waals surface area contributed by atoms with Crippen molar-refractivity contribution in [2.45, 2.75) is 47.5 Å². The molecule has 0 saturated heterocycles. The van der Waals surface area contributed by atoms with E-state index in [4.69, 9.17) is 0 Å². The molecule has 0 aromatic carbocycles. The second-order valence-electron chi connectivity index (χ2n) is 4.63. The van der Waals surface area contributed by atoms with E-state index in [9.17, 15) is 0 Å². The Labute approximate surface area is 124 Å². The van der Waals surface area contributed by atoms with Crippen molar-refractivity contribution in [3.8, 4) is 0 Å². The molecule has 0 saturated carbocycles. The Hall–Kier alpha value is -0.417. The zero-order valence-electron chi connectivity index (χ0n) is 12.3. The fourth-order valence-electron chi connectivity index (χ4n) is 1.34. The molecule has 0 aliphatic heterocycles. The summed E-state index contributed by atoms with van der Waals surface area (Å²) in [4.78, 5) is 0. The third-order valence-electron chi connectivity index (χ3n) is 1.96. The molecule has 0 fully saturated rings. The minimum Gasteiger partial charge on any atom is -0.273 e. The summed E-state index contributed by atoms with van der Waals surface area (Å²) in [6.07, 6.45) is 18.2. The van der Waals surface area contributed by atoms with Crippen LogP contribution in [0.1, 0.15) is 47.5 Å². The van der Waals surface area contributed by atoms with Crippen LogP contribution in [0.3, 0.4) is 0 Å². The minimum absolute atomic E-state index is 0.128. The first-order chi connectivity index (χ1) is 8.52. The van der Waals surface area contributed by atoms with Gasteiger partial charge in [-0.2, -0.15) is 12.2 Å². The zero-order valence-corrected chi connectivity index (χ0v) is 14.8. The molecule has 0 N–H and O–H groups in total. The van der Waals surface area contributed by atoms with Crippen molar-refractivity contribution >= 4 is 6.41 Å². The van der Waals surface area contributed by atoms with Gasteiger partial charge in [0, 0.05) is 0 Å². The normalized spacial score (nSPS) is 13.9. The molecular weight excluding hydrogens is 295 g/mol. The molecular formula is C17H24Zr-2. The summed E-state index contributed by atoms with van der Waals surface area (Å²) < 4.78 is 3.34. The summed E-state index contributed by atoms with van der Waals surface area (Å²) in [7, 11) is 0. The van der Waals surface area contributed by atoms with E-state index in [1.165, 1.54) is 5.57 Å². The average molecular weight is 320 g/mol. The van der Waals surface area contributed by atoms with Crippen molar-refractivity contribution in [1.29, 1.82) is 0 Å².